The van der Waals surface area contributed by atoms with Crippen molar-refractivity contribution in [2.24, 2.45) is 0 Å². The number of nitro groups is 1. The van der Waals surface area contributed by atoms with Crippen molar-refractivity contribution in [3.8, 4) is 11.6 Å². The Balaban J connectivity index is 2.33. The lowest BCUT2D eigenvalue weighted by atomic mass is 9.53. The van der Waals surface area contributed by atoms with Crippen LogP contribution in [0.5, 0.6) is 11.6 Å². The Morgan fingerprint density at radius 1 is 1.21 bits per heavy atom. The highest BCUT2D eigenvalue weighted by atomic mass is 19.4. The maximum absolute atomic E-state index is 12.6. The fraction of sp³-hybridized carbons (Fsp3) is 0.312. The van der Waals surface area contributed by atoms with Gasteiger partial charge in [0.15, 0.2) is 0 Å². The summed E-state index contributed by atoms with van der Waals surface area (Å²) < 4.78 is 43.1. The van der Waals surface area contributed by atoms with Gasteiger partial charge in [-0.15, -0.1) is 0 Å². The highest BCUT2D eigenvalue weighted by Gasteiger charge is 2.35. The number of hydrogen-bond acceptors (Lipinski definition) is 6. The monoisotopic (exact) mass is 391 g/mol. The number of rotatable bonds is 6. The van der Waals surface area contributed by atoms with Gasteiger partial charge in [-0.1, -0.05) is 0 Å². The first kappa shape index (κ1) is 21.5. The molecule has 4 radical (unpaired) electrons. The van der Waals surface area contributed by atoms with Gasteiger partial charge in [-0.2, -0.15) is 13.2 Å². The largest absolute Gasteiger partial charge is 0.439 e. The molecule has 7 nitrogen and oxygen atoms in total. The van der Waals surface area contributed by atoms with Gasteiger partial charge in [0.05, 0.1) is 31.8 Å². The van der Waals surface area contributed by atoms with E-state index in [0.717, 1.165) is 24.3 Å². The van der Waals surface area contributed by atoms with E-state index in [1.165, 1.54) is 19.9 Å². The molecule has 0 atom stereocenters. The molecule has 1 heterocycles. The summed E-state index contributed by atoms with van der Waals surface area (Å²) in [6.45, 7) is 2.61. The predicted molar refractivity (Wildman–Crippen MR) is 96.6 cm³/mol. The van der Waals surface area contributed by atoms with Crippen molar-refractivity contribution in [3.63, 3.8) is 0 Å². The molecule has 2 N–H and O–H groups in total. The molecule has 0 saturated heterocycles. The zero-order chi connectivity index (χ0) is 21.3. The molecule has 0 bridgehead atoms. The number of pyridine rings is 1. The third-order valence-electron chi connectivity index (χ3n) is 3.80. The van der Waals surface area contributed by atoms with Crippen LogP contribution in [0.15, 0.2) is 36.5 Å². The lowest BCUT2D eigenvalue weighted by Crippen LogP contribution is -2.57. The standard InChI is InChI=1S/C16H14B2F3N3O4/c1-14(2,25)16(17,18)23-11-7-10(4-5-12(11)24(26)27)28-13-6-3-9(8-22-13)15(19,20)21/h3-8,23,25H,1-2H3. The summed E-state index contributed by atoms with van der Waals surface area (Å²) >= 11 is 0. The lowest BCUT2D eigenvalue weighted by molar-refractivity contribution is -0.384. The highest BCUT2D eigenvalue weighted by molar-refractivity contribution is 6.42. The summed E-state index contributed by atoms with van der Waals surface area (Å²) in [6, 6.07) is 5.26. The SMILES string of the molecule is [B]C([B])(Nc1cc(Oc2ccc(C(F)(F)F)cn2)ccc1[N+](=O)[O-])C(C)(C)O. The molecule has 0 aliphatic carbocycles. The molecule has 1 aromatic heterocycles. The summed E-state index contributed by atoms with van der Waals surface area (Å²) in [5, 5.41) is 21.8. The third-order valence-corrected chi connectivity index (χ3v) is 3.80. The van der Waals surface area contributed by atoms with Crippen molar-refractivity contribution < 1.29 is 27.9 Å². The van der Waals surface area contributed by atoms with Gasteiger partial charge in [0.2, 0.25) is 5.88 Å². The molecule has 12 heteroatoms. The number of halogens is 3. The molecular weight excluding hydrogens is 377 g/mol. The fourth-order valence-corrected chi connectivity index (χ4v) is 1.94. The van der Waals surface area contributed by atoms with Gasteiger partial charge >= 0.3 is 6.18 Å². The Morgan fingerprint density at radius 3 is 2.32 bits per heavy atom. The molecule has 0 spiro atoms. The molecule has 2 aromatic rings. The van der Waals surface area contributed by atoms with E-state index in [9.17, 15) is 28.4 Å². The molecule has 0 unspecified atom stereocenters. The highest BCUT2D eigenvalue weighted by Crippen LogP contribution is 2.34. The van der Waals surface area contributed by atoms with Gasteiger partial charge in [-0.05, 0) is 31.3 Å². The van der Waals surface area contributed by atoms with Crippen molar-refractivity contribution in [1.29, 1.82) is 0 Å². The van der Waals surface area contributed by atoms with Crippen molar-refractivity contribution in [2.45, 2.75) is 31.0 Å². The Kier molecular flexibility index (Phi) is 5.65. The first-order valence-corrected chi connectivity index (χ1v) is 7.78. The van der Waals surface area contributed by atoms with Gasteiger partial charge in [0, 0.05) is 24.4 Å². The zero-order valence-electron chi connectivity index (χ0n) is 14.8. The van der Waals surface area contributed by atoms with Gasteiger partial charge < -0.3 is 15.2 Å². The van der Waals surface area contributed by atoms with Crippen molar-refractivity contribution >= 4 is 27.1 Å². The average molecular weight is 391 g/mol. The zero-order valence-corrected chi connectivity index (χ0v) is 14.8. The minimum absolute atomic E-state index is 0.0203. The number of aliphatic hydroxyl groups is 1. The van der Waals surface area contributed by atoms with E-state index >= 15 is 0 Å². The summed E-state index contributed by atoms with van der Waals surface area (Å²) in [5.41, 5.74) is -3.18. The molecule has 0 aliphatic heterocycles. The Hall–Kier alpha value is -2.75. The van der Waals surface area contributed by atoms with E-state index in [1.54, 1.807) is 0 Å². The van der Waals surface area contributed by atoms with Crippen molar-refractivity contribution in [3.05, 3.63) is 52.2 Å². The van der Waals surface area contributed by atoms with Crippen LogP contribution in [-0.4, -0.2) is 41.6 Å². The molecule has 144 valence electrons. The fourth-order valence-electron chi connectivity index (χ4n) is 1.94. The van der Waals surface area contributed by atoms with Gasteiger partial charge in [-0.3, -0.25) is 10.1 Å². The molecule has 28 heavy (non-hydrogen) atoms. The van der Waals surface area contributed by atoms with E-state index in [1.807, 2.05) is 0 Å². The smallest absolute Gasteiger partial charge is 0.417 e. The van der Waals surface area contributed by atoms with E-state index in [-0.39, 0.29) is 17.3 Å². The van der Waals surface area contributed by atoms with Gasteiger partial charge in [-0.25, -0.2) is 4.98 Å². The minimum Gasteiger partial charge on any atom is -0.439 e. The summed E-state index contributed by atoms with van der Waals surface area (Å²) in [7, 11) is 11.6. The van der Waals surface area contributed by atoms with Crippen LogP contribution in [0.25, 0.3) is 0 Å². The van der Waals surface area contributed by atoms with Crippen molar-refractivity contribution in [2.75, 3.05) is 5.32 Å². The Labute approximate surface area is 160 Å². The molecular formula is C16H14B2F3N3O4. The van der Waals surface area contributed by atoms with Gasteiger partial charge in [0.25, 0.3) is 5.69 Å². The third kappa shape index (κ3) is 4.94. The molecule has 0 amide bonds. The number of nitrogens with one attached hydrogen (secondary N) is 1. The number of nitro benzene ring substituents is 1. The lowest BCUT2D eigenvalue weighted by Gasteiger charge is -2.40. The Morgan fingerprint density at radius 2 is 1.86 bits per heavy atom. The number of alkyl halides is 3. The van der Waals surface area contributed by atoms with E-state index in [2.05, 4.69) is 10.3 Å². The number of ether oxygens (including phenoxy) is 1. The molecule has 0 fully saturated rings. The average Bonchev–Trinajstić information content (AvgIpc) is 2.53. The van der Waals surface area contributed by atoms with E-state index in [0.29, 0.717) is 6.20 Å². The maximum Gasteiger partial charge on any atom is 0.417 e. The Bertz CT molecular complexity index is 869. The number of anilines is 1. The molecule has 1 aromatic carbocycles. The van der Waals surface area contributed by atoms with Crippen LogP contribution >= 0.6 is 0 Å². The predicted octanol–water partition coefficient (Wildman–Crippen LogP) is 2.97. The number of hydrogen-bond donors (Lipinski definition) is 2. The first-order valence-electron chi connectivity index (χ1n) is 7.78. The van der Waals surface area contributed by atoms with Crippen LogP contribution in [0.1, 0.15) is 19.4 Å². The first-order chi connectivity index (χ1) is 12.7. The second-order valence-corrected chi connectivity index (χ2v) is 6.47. The van der Waals surface area contributed by atoms with Crippen LogP contribution in [0.4, 0.5) is 24.5 Å². The quantitative estimate of drug-likeness (QED) is 0.447. The van der Waals surface area contributed by atoms with Crippen LogP contribution in [-0.2, 0) is 6.18 Å². The summed E-state index contributed by atoms with van der Waals surface area (Å²) in [6.07, 6.45) is -3.95. The topological polar surface area (TPSA) is 97.5 Å². The van der Waals surface area contributed by atoms with E-state index < -0.39 is 33.3 Å². The minimum atomic E-state index is -4.54. The van der Waals surface area contributed by atoms with Crippen molar-refractivity contribution in [1.82, 2.24) is 4.98 Å². The van der Waals surface area contributed by atoms with Crippen LogP contribution in [0.2, 0.25) is 0 Å². The summed E-state index contributed by atoms with van der Waals surface area (Å²) in [5.74, 6) is -0.144. The molecule has 0 saturated carbocycles. The second kappa shape index (κ2) is 7.34. The second-order valence-electron chi connectivity index (χ2n) is 6.47. The van der Waals surface area contributed by atoms with Gasteiger partial charge in [0.1, 0.15) is 11.4 Å². The van der Waals surface area contributed by atoms with Crippen LogP contribution in [0.3, 0.4) is 0 Å². The number of aromatic nitrogens is 1. The van der Waals surface area contributed by atoms with E-state index in [4.69, 9.17) is 20.4 Å². The molecule has 0 aliphatic rings. The van der Waals surface area contributed by atoms with Crippen LogP contribution in [0, 0.1) is 10.1 Å². The van der Waals surface area contributed by atoms with Crippen LogP contribution < -0.4 is 10.1 Å². The maximum atomic E-state index is 12.6. The number of benzene rings is 1. The normalized spacial score (nSPS) is 12.5. The number of nitrogens with zero attached hydrogens (tertiary/aromatic N) is 2. The molecule has 2 rings (SSSR count). The summed E-state index contributed by atoms with van der Waals surface area (Å²) in [4.78, 5) is 14.1.